The van der Waals surface area contributed by atoms with E-state index in [0.29, 0.717) is 0 Å². The van der Waals surface area contributed by atoms with Crippen LogP contribution in [0.1, 0.15) is 100 Å². The van der Waals surface area contributed by atoms with Crippen LogP contribution in [0.25, 0.3) is 34.4 Å². The second-order valence-corrected chi connectivity index (χ2v) is 24.4. The van der Waals surface area contributed by atoms with Gasteiger partial charge >= 0.3 is 8.56 Å². The number of nitrogens with zero attached hydrogens (tertiary/aromatic N) is 2. The lowest BCUT2D eigenvalue weighted by Crippen LogP contribution is -2.63. The number of fused-ring (bicyclic) bond motifs is 2. The van der Waals surface area contributed by atoms with Crippen LogP contribution < -0.4 is 20.2 Å². The predicted octanol–water partition coefficient (Wildman–Crippen LogP) is 17.2. The molecule has 0 N–H and O–H groups in total. The zero-order valence-corrected chi connectivity index (χ0v) is 47.8. The molecule has 0 aliphatic carbocycles. The topological polar surface area (TPSA) is 24.9 Å². The van der Waals surface area contributed by atoms with Crippen LogP contribution in [0.4, 0.5) is 34.1 Å². The molecule has 0 fully saturated rings. The molecule has 0 saturated carbocycles. The molecule has 0 bridgehead atoms. The lowest BCUT2D eigenvalue weighted by Gasteiger charge is -2.34. The summed E-state index contributed by atoms with van der Waals surface area (Å²) in [5, 5.41) is 2.21. The first-order valence-electron chi connectivity index (χ1n) is 25.9. The van der Waals surface area contributed by atoms with Crippen LogP contribution in [0, 0.1) is 111 Å². The fourth-order valence-electron chi connectivity index (χ4n) is 12.9. The van der Waals surface area contributed by atoms with E-state index in [4.69, 9.17) is 8.85 Å². The molecule has 73 heavy (non-hydrogen) atoms. The van der Waals surface area contributed by atoms with Gasteiger partial charge in [0, 0.05) is 36.0 Å². The van der Waals surface area contributed by atoms with E-state index in [1.54, 1.807) is 0 Å². The van der Waals surface area contributed by atoms with Gasteiger partial charge in [0.2, 0.25) is 0 Å². The maximum absolute atomic E-state index is 6.83. The van der Waals surface area contributed by atoms with Crippen molar-refractivity contribution in [3.63, 3.8) is 0 Å². The van der Waals surface area contributed by atoms with Gasteiger partial charge in [0.25, 0.3) is 0 Å². The third kappa shape index (κ3) is 8.59. The molecule has 1 heterocycles. The third-order valence-corrected chi connectivity index (χ3v) is 19.4. The molecule has 372 valence electrons. The number of anilines is 6. The van der Waals surface area contributed by atoms with Crippen LogP contribution in [0.5, 0.6) is 0 Å². The Morgan fingerprint density at radius 2 is 0.589 bits per heavy atom. The van der Waals surface area contributed by atoms with E-state index in [2.05, 4.69) is 242 Å². The first kappa shape index (κ1) is 51.2. The molecule has 4 nitrogen and oxygen atoms in total. The van der Waals surface area contributed by atoms with E-state index >= 15 is 0 Å². The fourth-order valence-corrected chi connectivity index (χ4v) is 16.0. The van der Waals surface area contributed by atoms with Crippen LogP contribution in [0.3, 0.4) is 0 Å². The summed E-state index contributed by atoms with van der Waals surface area (Å²) in [6.07, 6.45) is 4.66. The first-order chi connectivity index (χ1) is 34.7. The molecular weight excluding hydrogens is 905 g/mol. The van der Waals surface area contributed by atoms with Crippen LogP contribution in [-0.2, 0) is 8.85 Å². The van der Waals surface area contributed by atoms with Crippen molar-refractivity contribution in [1.29, 1.82) is 0 Å². The van der Waals surface area contributed by atoms with Crippen molar-refractivity contribution in [1.82, 2.24) is 0 Å². The highest BCUT2D eigenvalue weighted by molar-refractivity contribution is 6.94. The van der Waals surface area contributed by atoms with Crippen LogP contribution >= 0.6 is 0 Å². The summed E-state index contributed by atoms with van der Waals surface area (Å²) in [6, 6.07) is 41.3. The quantitative estimate of drug-likeness (QED) is 0.128. The largest absolute Gasteiger partial charge is 0.407 e. The molecule has 5 heteroatoms. The van der Waals surface area contributed by atoms with E-state index in [1.165, 1.54) is 134 Å². The van der Waals surface area contributed by atoms with Gasteiger partial charge in [0.15, 0.2) is 0 Å². The summed E-state index contributed by atoms with van der Waals surface area (Å²) in [6.45, 7) is 36.0. The van der Waals surface area contributed by atoms with Crippen molar-refractivity contribution >= 4 is 65.2 Å². The molecule has 1 aliphatic heterocycles. The van der Waals surface area contributed by atoms with Gasteiger partial charge in [-0.3, -0.25) is 0 Å². The Bertz CT molecular complexity index is 3130. The van der Waals surface area contributed by atoms with Gasteiger partial charge in [-0.25, -0.2) is 0 Å². The average molecular weight is 979 g/mol. The maximum atomic E-state index is 6.83. The van der Waals surface area contributed by atoms with Crippen molar-refractivity contribution < 1.29 is 8.85 Å². The van der Waals surface area contributed by atoms with Gasteiger partial charge < -0.3 is 18.7 Å². The Kier molecular flexibility index (Phi) is 13.7. The van der Waals surface area contributed by atoms with Crippen LogP contribution in [0.15, 0.2) is 109 Å². The predicted molar refractivity (Wildman–Crippen MR) is 317 cm³/mol. The molecule has 0 amide bonds. The SMILES string of the molecule is CO[Si]1(OC)c2cccc(-c3ccc(N(c4c(C)cc(C)cc4C)c4c(C)cc(C)cc4C)c(C)c3C)c2C=Cc2c(-c3ccc(N(c4c(C)cc(C)cc4C)c4c(C)cc(C)cc4C)c(C)c3C)cccc21. The number of aryl methyl sites for hydroxylation is 12. The average Bonchev–Trinajstić information content (AvgIpc) is 3.46. The van der Waals surface area contributed by atoms with Crippen LogP contribution in [0.2, 0.25) is 0 Å². The zero-order chi connectivity index (χ0) is 52.5. The molecule has 0 spiro atoms. The Morgan fingerprint density at radius 3 is 0.849 bits per heavy atom. The normalized spacial score (nSPS) is 12.7. The standard InChI is InChI=1S/C68H74N2O2Si/c1-39-31-43(5)65(44(6)32-39)69(66-45(7)33-40(2)34-46(66)8)61-29-27-55(51(13)53(61)15)57-21-19-23-63-59(57)25-26-60-58(22-20-24-64(60)73(63,71-17)72-18)56-28-30-62(54(16)52(56)14)70(67-47(9)35-41(3)36-48(67)10)68-49(11)37-42(4)38-50(68)12/h19-38H,1-18H3. The number of rotatable bonds is 10. The molecule has 8 aromatic rings. The number of benzene rings is 8. The second kappa shape index (κ2) is 19.6. The van der Waals surface area contributed by atoms with Gasteiger partial charge in [0.05, 0.1) is 22.7 Å². The molecule has 9 rings (SSSR count). The van der Waals surface area contributed by atoms with E-state index in [9.17, 15) is 0 Å². The smallest absolute Gasteiger partial charge is 0.391 e. The summed E-state index contributed by atoms with van der Waals surface area (Å²) in [5.41, 5.74) is 34.5. The molecule has 8 aromatic carbocycles. The highest BCUT2D eigenvalue weighted by Gasteiger charge is 2.46. The monoisotopic (exact) mass is 979 g/mol. The minimum absolute atomic E-state index is 1.10. The number of hydrogen-bond acceptors (Lipinski definition) is 4. The summed E-state index contributed by atoms with van der Waals surface area (Å²) in [7, 11) is 0.371. The highest BCUT2D eigenvalue weighted by atomic mass is 28.4. The Labute approximate surface area is 438 Å². The van der Waals surface area contributed by atoms with Crippen LogP contribution in [-0.4, -0.2) is 22.8 Å². The van der Waals surface area contributed by atoms with Crippen molar-refractivity contribution in [3.8, 4) is 22.3 Å². The van der Waals surface area contributed by atoms with Crippen molar-refractivity contribution in [3.05, 3.63) is 209 Å². The Hall–Kier alpha value is -6.76. The lowest BCUT2D eigenvalue weighted by molar-refractivity contribution is 0.272. The summed E-state index contributed by atoms with van der Waals surface area (Å²) < 4.78 is 13.7. The van der Waals surface area contributed by atoms with Gasteiger partial charge in [-0.1, -0.05) is 131 Å². The minimum atomic E-state index is -3.29. The van der Waals surface area contributed by atoms with E-state index in [0.717, 1.165) is 32.6 Å². The Morgan fingerprint density at radius 1 is 0.315 bits per heavy atom. The van der Waals surface area contributed by atoms with Gasteiger partial charge in [-0.05, 0) is 223 Å². The van der Waals surface area contributed by atoms with Gasteiger partial charge in [0.1, 0.15) is 0 Å². The van der Waals surface area contributed by atoms with E-state index in [-0.39, 0.29) is 0 Å². The van der Waals surface area contributed by atoms with E-state index < -0.39 is 8.56 Å². The third-order valence-electron chi connectivity index (χ3n) is 15.9. The molecule has 0 radical (unpaired) electrons. The Balaban J connectivity index is 1.21. The minimum Gasteiger partial charge on any atom is -0.391 e. The molecular formula is C68H74N2O2Si. The molecule has 0 atom stereocenters. The van der Waals surface area contributed by atoms with Crippen molar-refractivity contribution in [2.45, 2.75) is 111 Å². The first-order valence-corrected chi connectivity index (χ1v) is 27.7. The molecule has 0 unspecified atom stereocenters. The van der Waals surface area contributed by atoms with Crippen molar-refractivity contribution in [2.24, 2.45) is 0 Å². The van der Waals surface area contributed by atoms with Gasteiger partial charge in [-0.2, -0.15) is 0 Å². The fraction of sp³-hybridized carbons (Fsp3) is 0.265. The van der Waals surface area contributed by atoms with Gasteiger partial charge in [-0.15, -0.1) is 0 Å². The maximum Gasteiger partial charge on any atom is 0.407 e. The highest BCUT2D eigenvalue weighted by Crippen LogP contribution is 2.48. The molecule has 1 aliphatic rings. The lowest BCUT2D eigenvalue weighted by atomic mass is 9.90. The summed E-state index contributed by atoms with van der Waals surface area (Å²) in [4.78, 5) is 5.06. The molecule has 0 saturated heterocycles. The summed E-state index contributed by atoms with van der Waals surface area (Å²) >= 11 is 0. The van der Waals surface area contributed by atoms with Crippen molar-refractivity contribution in [2.75, 3.05) is 24.0 Å². The second-order valence-electron chi connectivity index (χ2n) is 21.3. The molecule has 0 aromatic heterocycles. The zero-order valence-electron chi connectivity index (χ0n) is 46.8. The van der Waals surface area contributed by atoms with E-state index in [1.807, 2.05) is 14.2 Å². The summed E-state index contributed by atoms with van der Waals surface area (Å²) in [5.74, 6) is 0. The number of hydrogen-bond donors (Lipinski definition) is 0.